The Bertz CT molecular complexity index is 660. The number of ether oxygens (including phenoxy) is 2. The van der Waals surface area contributed by atoms with Gasteiger partial charge in [-0.1, -0.05) is 0 Å². The number of methoxy groups -OCH3 is 1. The average Bonchev–Trinajstić information content (AvgIpc) is 2.71. The Morgan fingerprint density at radius 3 is 3.05 bits per heavy atom. The molecule has 0 atom stereocenters. The van der Waals surface area contributed by atoms with E-state index in [-0.39, 0.29) is 5.91 Å². The van der Waals surface area contributed by atoms with Crippen LogP contribution in [0.2, 0.25) is 0 Å². The van der Waals surface area contributed by atoms with Crippen molar-refractivity contribution < 1.29 is 14.3 Å². The fourth-order valence-electron chi connectivity index (χ4n) is 2.48. The number of hydrogen-bond donors (Lipinski definition) is 1. The highest BCUT2D eigenvalue weighted by Crippen LogP contribution is 2.36. The molecule has 5 nitrogen and oxygen atoms in total. The first-order chi connectivity index (χ1) is 10.2. The van der Waals surface area contributed by atoms with Crippen molar-refractivity contribution in [2.45, 2.75) is 6.42 Å². The van der Waals surface area contributed by atoms with Crippen LogP contribution in [0, 0.1) is 0 Å². The lowest BCUT2D eigenvalue weighted by Crippen LogP contribution is -2.33. The van der Waals surface area contributed by atoms with Crippen molar-refractivity contribution in [3.8, 4) is 5.75 Å². The third kappa shape index (κ3) is 2.69. The van der Waals surface area contributed by atoms with Crippen LogP contribution in [0.3, 0.4) is 0 Å². The minimum Gasteiger partial charge on any atom is -0.497 e. The van der Waals surface area contributed by atoms with Crippen LogP contribution >= 0.6 is 11.3 Å². The monoisotopic (exact) mass is 306 g/mol. The smallest absolute Gasteiger partial charge is 0.266 e. The average molecular weight is 306 g/mol. The van der Waals surface area contributed by atoms with Crippen LogP contribution in [-0.4, -0.2) is 44.2 Å². The zero-order valence-electron chi connectivity index (χ0n) is 11.9. The Hall–Kier alpha value is -1.79. The lowest BCUT2D eigenvalue weighted by atomic mass is 10.2. The van der Waals surface area contributed by atoms with E-state index in [1.54, 1.807) is 7.11 Å². The van der Waals surface area contributed by atoms with E-state index in [1.807, 2.05) is 23.1 Å². The van der Waals surface area contributed by atoms with Gasteiger partial charge >= 0.3 is 0 Å². The normalized spacial score (nSPS) is 16.0. The minimum atomic E-state index is -0.00170. The molecule has 1 amide bonds. The standard InChI is InChI=1S/C15H18N2O3S/c1-19-10-3-4-11-12(9-10)21-14(13(11)16)15(18)17-5-2-7-20-8-6-17/h3-4,9H,2,5-8,16H2,1H3. The molecule has 6 heteroatoms. The van der Waals surface area contributed by atoms with Gasteiger partial charge in [-0.15, -0.1) is 11.3 Å². The number of nitrogens with zero attached hydrogens (tertiary/aromatic N) is 1. The fourth-order valence-corrected chi connectivity index (χ4v) is 3.59. The van der Waals surface area contributed by atoms with Gasteiger partial charge in [-0.2, -0.15) is 0 Å². The SMILES string of the molecule is COc1ccc2c(N)c(C(=O)N3CCCOCC3)sc2c1. The number of anilines is 1. The number of thiophene rings is 1. The number of amides is 1. The van der Waals surface area contributed by atoms with Crippen molar-refractivity contribution in [3.05, 3.63) is 23.1 Å². The van der Waals surface area contributed by atoms with Crippen molar-refractivity contribution in [3.63, 3.8) is 0 Å². The predicted molar refractivity (Wildman–Crippen MR) is 84.1 cm³/mol. The van der Waals surface area contributed by atoms with E-state index in [0.29, 0.717) is 30.3 Å². The van der Waals surface area contributed by atoms with Gasteiger partial charge in [0.2, 0.25) is 0 Å². The second kappa shape index (κ2) is 5.91. The lowest BCUT2D eigenvalue weighted by molar-refractivity contribution is 0.0747. The second-order valence-electron chi connectivity index (χ2n) is 4.97. The molecule has 0 unspecified atom stereocenters. The van der Waals surface area contributed by atoms with Gasteiger partial charge < -0.3 is 20.1 Å². The summed E-state index contributed by atoms with van der Waals surface area (Å²) < 4.78 is 11.6. The van der Waals surface area contributed by atoms with E-state index in [4.69, 9.17) is 15.2 Å². The number of hydrogen-bond acceptors (Lipinski definition) is 5. The summed E-state index contributed by atoms with van der Waals surface area (Å²) in [4.78, 5) is 15.1. The first kappa shape index (κ1) is 14.2. The van der Waals surface area contributed by atoms with Gasteiger partial charge in [0, 0.05) is 29.8 Å². The fraction of sp³-hybridized carbons (Fsp3) is 0.400. The van der Waals surface area contributed by atoms with Gasteiger partial charge in [-0.25, -0.2) is 0 Å². The molecule has 2 N–H and O–H groups in total. The highest BCUT2D eigenvalue weighted by atomic mass is 32.1. The Morgan fingerprint density at radius 1 is 1.38 bits per heavy atom. The molecule has 1 aromatic heterocycles. The predicted octanol–water partition coefficient (Wildman–Crippen LogP) is 2.35. The third-order valence-corrected chi connectivity index (χ3v) is 4.80. The number of fused-ring (bicyclic) bond motifs is 1. The van der Waals surface area contributed by atoms with E-state index in [1.165, 1.54) is 11.3 Å². The highest BCUT2D eigenvalue weighted by molar-refractivity contribution is 7.21. The van der Waals surface area contributed by atoms with Crippen LogP contribution in [-0.2, 0) is 4.74 Å². The molecule has 3 rings (SSSR count). The molecule has 1 aliphatic rings. The molecule has 1 aliphatic heterocycles. The second-order valence-corrected chi connectivity index (χ2v) is 6.02. The van der Waals surface area contributed by atoms with Gasteiger partial charge in [-0.05, 0) is 24.6 Å². The zero-order chi connectivity index (χ0) is 14.8. The van der Waals surface area contributed by atoms with E-state index in [0.717, 1.165) is 28.8 Å². The van der Waals surface area contributed by atoms with Gasteiger partial charge in [-0.3, -0.25) is 4.79 Å². The largest absolute Gasteiger partial charge is 0.497 e. The van der Waals surface area contributed by atoms with Crippen molar-refractivity contribution in [2.75, 3.05) is 39.1 Å². The molecule has 1 fully saturated rings. The molecule has 0 spiro atoms. The number of nitrogens with two attached hydrogens (primary N) is 1. The van der Waals surface area contributed by atoms with Gasteiger partial charge in [0.25, 0.3) is 5.91 Å². The van der Waals surface area contributed by atoms with E-state index < -0.39 is 0 Å². The first-order valence-corrected chi connectivity index (χ1v) is 7.75. The maximum absolute atomic E-state index is 12.7. The summed E-state index contributed by atoms with van der Waals surface area (Å²) in [6, 6.07) is 5.68. The van der Waals surface area contributed by atoms with E-state index >= 15 is 0 Å². The first-order valence-electron chi connectivity index (χ1n) is 6.93. The number of rotatable bonds is 2. The summed E-state index contributed by atoms with van der Waals surface area (Å²) in [7, 11) is 1.63. The summed E-state index contributed by atoms with van der Waals surface area (Å²) in [6.07, 6.45) is 0.865. The van der Waals surface area contributed by atoms with Crippen LogP contribution in [0.4, 0.5) is 5.69 Å². The molecule has 0 radical (unpaired) electrons. The minimum absolute atomic E-state index is 0.00170. The van der Waals surface area contributed by atoms with E-state index in [9.17, 15) is 4.79 Å². The Balaban J connectivity index is 1.95. The topological polar surface area (TPSA) is 64.8 Å². The molecule has 1 saturated heterocycles. The van der Waals surface area contributed by atoms with Crippen LogP contribution in [0.15, 0.2) is 18.2 Å². The quantitative estimate of drug-likeness (QED) is 0.925. The third-order valence-electron chi connectivity index (χ3n) is 3.64. The van der Waals surface area contributed by atoms with Crippen LogP contribution < -0.4 is 10.5 Å². The van der Waals surface area contributed by atoms with Crippen molar-refractivity contribution in [2.24, 2.45) is 0 Å². The molecule has 1 aromatic carbocycles. The Morgan fingerprint density at radius 2 is 2.24 bits per heavy atom. The summed E-state index contributed by atoms with van der Waals surface area (Å²) in [5.74, 6) is 0.768. The lowest BCUT2D eigenvalue weighted by Gasteiger charge is -2.18. The summed E-state index contributed by atoms with van der Waals surface area (Å²) >= 11 is 1.42. The van der Waals surface area contributed by atoms with Crippen LogP contribution in [0.5, 0.6) is 5.75 Å². The molecule has 2 aromatic rings. The maximum Gasteiger partial charge on any atom is 0.266 e. The molecular formula is C15H18N2O3S. The maximum atomic E-state index is 12.7. The summed E-state index contributed by atoms with van der Waals surface area (Å²) in [5, 5.41) is 0.912. The molecule has 0 aliphatic carbocycles. The van der Waals surface area contributed by atoms with Gasteiger partial charge in [0.05, 0.1) is 19.4 Å². The molecule has 21 heavy (non-hydrogen) atoms. The summed E-state index contributed by atoms with van der Waals surface area (Å²) in [6.45, 7) is 2.64. The van der Waals surface area contributed by atoms with Gasteiger partial charge in [0.1, 0.15) is 10.6 Å². The molecular weight excluding hydrogens is 288 g/mol. The molecule has 0 saturated carbocycles. The molecule has 2 heterocycles. The summed E-state index contributed by atoms with van der Waals surface area (Å²) in [5.41, 5.74) is 6.73. The highest BCUT2D eigenvalue weighted by Gasteiger charge is 2.23. The van der Waals surface area contributed by atoms with Crippen molar-refractivity contribution in [1.82, 2.24) is 4.90 Å². The number of carbonyl (C=O) groups is 1. The molecule has 0 bridgehead atoms. The van der Waals surface area contributed by atoms with Crippen LogP contribution in [0.25, 0.3) is 10.1 Å². The Kier molecular flexibility index (Phi) is 3.98. The number of benzene rings is 1. The van der Waals surface area contributed by atoms with Crippen LogP contribution in [0.1, 0.15) is 16.1 Å². The zero-order valence-corrected chi connectivity index (χ0v) is 12.7. The van der Waals surface area contributed by atoms with Gasteiger partial charge in [0.15, 0.2) is 0 Å². The molecule has 112 valence electrons. The number of nitrogen functional groups attached to an aromatic ring is 1. The van der Waals surface area contributed by atoms with E-state index in [2.05, 4.69) is 0 Å². The van der Waals surface area contributed by atoms with Crippen molar-refractivity contribution >= 4 is 33.0 Å². The number of carbonyl (C=O) groups excluding carboxylic acids is 1. The van der Waals surface area contributed by atoms with Crippen molar-refractivity contribution in [1.29, 1.82) is 0 Å². The Labute approximate surface area is 127 Å².